The van der Waals surface area contributed by atoms with Crippen molar-refractivity contribution in [1.82, 2.24) is 25.3 Å². The van der Waals surface area contributed by atoms with Gasteiger partial charge in [0.25, 0.3) is 5.91 Å². The Labute approximate surface area is 161 Å². The molecule has 2 N–H and O–H groups in total. The summed E-state index contributed by atoms with van der Waals surface area (Å²) in [6.07, 6.45) is 0. The zero-order valence-electron chi connectivity index (χ0n) is 15.7. The molecule has 0 spiro atoms. The van der Waals surface area contributed by atoms with Crippen molar-refractivity contribution in [2.75, 3.05) is 13.3 Å². The number of nitrogens with zero attached hydrogens (tertiary/aromatic N) is 3. The number of aromatic amines is 1. The number of rotatable bonds is 7. The average Bonchev–Trinajstić information content (AvgIpc) is 3.40. The summed E-state index contributed by atoms with van der Waals surface area (Å²) >= 11 is 0. The minimum absolute atomic E-state index is 0.220. The number of carbonyl (C=O) groups excluding carboxylic acids is 1. The highest BCUT2D eigenvalue weighted by Crippen LogP contribution is 2.35. The summed E-state index contributed by atoms with van der Waals surface area (Å²) in [6, 6.07) is 9.04. The predicted octanol–water partition coefficient (Wildman–Crippen LogP) is 1.96. The summed E-state index contributed by atoms with van der Waals surface area (Å²) in [5.41, 5.74) is 3.04. The van der Waals surface area contributed by atoms with Crippen LogP contribution < -0.4 is 19.5 Å². The molecule has 0 aliphatic carbocycles. The summed E-state index contributed by atoms with van der Waals surface area (Å²) in [7, 11) is 0. The molecule has 0 saturated carbocycles. The third kappa shape index (κ3) is 3.93. The Morgan fingerprint density at radius 2 is 2.11 bits per heavy atom. The molecule has 1 aliphatic rings. The lowest BCUT2D eigenvalue weighted by molar-refractivity contribution is 0.0947. The fourth-order valence-electron chi connectivity index (χ4n) is 2.95. The van der Waals surface area contributed by atoms with Gasteiger partial charge in [0.05, 0.1) is 17.9 Å². The Kier molecular flexibility index (Phi) is 4.88. The van der Waals surface area contributed by atoms with Gasteiger partial charge < -0.3 is 19.5 Å². The number of aromatic nitrogens is 4. The van der Waals surface area contributed by atoms with Gasteiger partial charge in [0.2, 0.25) is 6.79 Å². The lowest BCUT2D eigenvalue weighted by Crippen LogP contribution is -2.28. The number of fused-ring (bicyclic) bond motifs is 1. The van der Waals surface area contributed by atoms with E-state index in [1.807, 2.05) is 24.6 Å². The molecule has 2 aromatic heterocycles. The molecule has 9 nitrogen and oxygen atoms in total. The molecule has 28 heavy (non-hydrogen) atoms. The maximum absolute atomic E-state index is 12.2. The summed E-state index contributed by atoms with van der Waals surface area (Å²) < 4.78 is 18.2. The van der Waals surface area contributed by atoms with E-state index in [4.69, 9.17) is 14.2 Å². The molecule has 0 atom stereocenters. The van der Waals surface area contributed by atoms with Gasteiger partial charge in [-0.1, -0.05) is 0 Å². The van der Waals surface area contributed by atoms with Gasteiger partial charge in [-0.25, -0.2) is 0 Å². The number of hydrogen-bond donors (Lipinski definition) is 2. The second-order valence-electron chi connectivity index (χ2n) is 6.49. The molecular weight excluding hydrogens is 362 g/mol. The number of amides is 1. The van der Waals surface area contributed by atoms with Crippen LogP contribution in [-0.4, -0.2) is 39.2 Å². The Balaban J connectivity index is 1.27. The molecule has 146 valence electrons. The quantitative estimate of drug-likeness (QED) is 0.646. The zero-order chi connectivity index (χ0) is 19.5. The van der Waals surface area contributed by atoms with Gasteiger partial charge >= 0.3 is 0 Å². The summed E-state index contributed by atoms with van der Waals surface area (Å²) in [4.78, 5) is 12.2. The first-order valence-corrected chi connectivity index (χ1v) is 8.94. The monoisotopic (exact) mass is 383 g/mol. The number of benzene rings is 1. The molecule has 1 aliphatic heterocycles. The van der Waals surface area contributed by atoms with E-state index in [0.29, 0.717) is 41.7 Å². The molecular formula is C19H21N5O4. The molecule has 0 fully saturated rings. The number of carbonyl (C=O) groups is 1. The Bertz CT molecular complexity index is 994. The van der Waals surface area contributed by atoms with Crippen molar-refractivity contribution < 1.29 is 19.0 Å². The molecule has 0 saturated heterocycles. The van der Waals surface area contributed by atoms with E-state index in [2.05, 4.69) is 20.6 Å². The molecule has 0 bridgehead atoms. The Morgan fingerprint density at radius 3 is 2.93 bits per heavy atom. The van der Waals surface area contributed by atoms with Gasteiger partial charge in [0.15, 0.2) is 11.5 Å². The van der Waals surface area contributed by atoms with Crippen LogP contribution in [0.15, 0.2) is 30.3 Å². The smallest absolute Gasteiger partial charge is 0.271 e. The van der Waals surface area contributed by atoms with Crippen molar-refractivity contribution in [2.45, 2.75) is 27.0 Å². The zero-order valence-corrected chi connectivity index (χ0v) is 15.7. The first-order valence-electron chi connectivity index (χ1n) is 8.94. The van der Waals surface area contributed by atoms with E-state index in [9.17, 15) is 4.79 Å². The van der Waals surface area contributed by atoms with Crippen molar-refractivity contribution >= 4 is 5.91 Å². The summed E-state index contributed by atoms with van der Waals surface area (Å²) in [5, 5.41) is 14.1. The van der Waals surface area contributed by atoms with Gasteiger partial charge in [-0.3, -0.25) is 14.6 Å². The minimum atomic E-state index is -0.243. The van der Waals surface area contributed by atoms with E-state index in [1.54, 1.807) is 24.3 Å². The predicted molar refractivity (Wildman–Crippen MR) is 99.5 cm³/mol. The Morgan fingerprint density at radius 1 is 1.25 bits per heavy atom. The van der Waals surface area contributed by atoms with Crippen LogP contribution in [0.4, 0.5) is 0 Å². The van der Waals surface area contributed by atoms with Crippen LogP contribution in [0.5, 0.6) is 17.2 Å². The fraction of sp³-hybridized carbons (Fsp3) is 0.316. The number of H-pyrrole nitrogens is 1. The Hall–Kier alpha value is -3.49. The van der Waals surface area contributed by atoms with Gasteiger partial charge in [0, 0.05) is 18.3 Å². The van der Waals surface area contributed by atoms with Crippen LogP contribution in [0.25, 0.3) is 0 Å². The van der Waals surface area contributed by atoms with Crippen molar-refractivity contribution in [3.05, 3.63) is 53.1 Å². The van der Waals surface area contributed by atoms with Crippen molar-refractivity contribution in [3.8, 4) is 17.2 Å². The maximum Gasteiger partial charge on any atom is 0.271 e. The molecule has 3 heterocycles. The highest BCUT2D eigenvalue weighted by Gasteiger charge is 2.14. The first kappa shape index (κ1) is 17.9. The highest BCUT2D eigenvalue weighted by molar-refractivity contribution is 5.92. The van der Waals surface area contributed by atoms with Gasteiger partial charge in [-0.05, 0) is 38.1 Å². The lowest BCUT2D eigenvalue weighted by Gasteiger charge is -2.05. The maximum atomic E-state index is 12.2. The molecule has 3 aromatic rings. The van der Waals surface area contributed by atoms with E-state index in [0.717, 1.165) is 11.4 Å². The van der Waals surface area contributed by atoms with E-state index in [-0.39, 0.29) is 19.3 Å². The average molecular weight is 383 g/mol. The molecule has 9 heteroatoms. The third-order valence-corrected chi connectivity index (χ3v) is 4.31. The van der Waals surface area contributed by atoms with E-state index < -0.39 is 0 Å². The highest BCUT2D eigenvalue weighted by atomic mass is 16.7. The lowest BCUT2D eigenvalue weighted by atomic mass is 10.3. The van der Waals surface area contributed by atoms with Crippen molar-refractivity contribution in [3.63, 3.8) is 0 Å². The van der Waals surface area contributed by atoms with Crippen LogP contribution >= 0.6 is 0 Å². The van der Waals surface area contributed by atoms with Crippen molar-refractivity contribution in [1.29, 1.82) is 0 Å². The van der Waals surface area contributed by atoms with Crippen LogP contribution in [0.3, 0.4) is 0 Å². The summed E-state index contributed by atoms with van der Waals surface area (Å²) in [6.45, 7) is 5.48. The second kappa shape index (κ2) is 7.63. The summed E-state index contributed by atoms with van der Waals surface area (Å²) in [5.74, 6) is 1.76. The first-order chi connectivity index (χ1) is 13.6. The van der Waals surface area contributed by atoms with Crippen LogP contribution in [0.2, 0.25) is 0 Å². The van der Waals surface area contributed by atoms with Crippen LogP contribution in [0, 0.1) is 13.8 Å². The van der Waals surface area contributed by atoms with Gasteiger partial charge in [-0.15, -0.1) is 0 Å². The fourth-order valence-corrected chi connectivity index (χ4v) is 2.95. The van der Waals surface area contributed by atoms with Crippen LogP contribution in [0.1, 0.15) is 27.6 Å². The molecule has 1 amide bonds. The van der Waals surface area contributed by atoms with E-state index >= 15 is 0 Å². The second-order valence-corrected chi connectivity index (χ2v) is 6.49. The largest absolute Gasteiger partial charge is 0.487 e. The normalized spacial score (nSPS) is 12.2. The van der Waals surface area contributed by atoms with Gasteiger partial charge in [0.1, 0.15) is 18.1 Å². The standard InChI is InChI=1S/C19H21N5O4/c1-12-7-13(2)24(23-12)6-5-20-19(25)16-8-14(21-22-16)10-26-15-3-4-17-18(9-15)28-11-27-17/h3-4,7-9H,5-6,10-11H2,1-2H3,(H,20,25)(H,21,22). The number of ether oxygens (including phenoxy) is 3. The van der Waals surface area contributed by atoms with Crippen molar-refractivity contribution in [2.24, 2.45) is 0 Å². The third-order valence-electron chi connectivity index (χ3n) is 4.31. The van der Waals surface area contributed by atoms with E-state index in [1.165, 1.54) is 0 Å². The minimum Gasteiger partial charge on any atom is -0.487 e. The van der Waals surface area contributed by atoms with Crippen LogP contribution in [-0.2, 0) is 13.2 Å². The molecule has 1 aromatic carbocycles. The molecule has 4 rings (SSSR count). The number of hydrogen-bond acceptors (Lipinski definition) is 6. The topological polar surface area (TPSA) is 103 Å². The number of aryl methyl sites for hydroxylation is 2. The molecule has 0 unspecified atom stereocenters. The molecule has 0 radical (unpaired) electrons. The van der Waals surface area contributed by atoms with Gasteiger partial charge in [-0.2, -0.15) is 10.2 Å². The SMILES string of the molecule is Cc1cc(C)n(CCNC(=O)c2cc(COc3ccc4c(c3)OCO4)[nH]n2)n1. The number of nitrogens with one attached hydrogen (secondary N) is 2.